The van der Waals surface area contributed by atoms with Crippen LogP contribution in [0.25, 0.3) is 0 Å². The Morgan fingerprint density at radius 3 is 2.83 bits per heavy atom. The molecule has 2 rings (SSSR count). The minimum absolute atomic E-state index is 0.267. The van der Waals surface area contributed by atoms with Gasteiger partial charge < -0.3 is 4.74 Å². The monoisotopic (exact) mass is 333 g/mol. The molecule has 0 spiro atoms. The van der Waals surface area contributed by atoms with Crippen LogP contribution >= 0.6 is 15.9 Å². The molecule has 1 heterocycles. The van der Waals surface area contributed by atoms with Gasteiger partial charge in [0.05, 0.1) is 17.0 Å². The lowest BCUT2D eigenvalue weighted by Gasteiger charge is -2.33. The Labute approximate surface area is 116 Å². The summed E-state index contributed by atoms with van der Waals surface area (Å²) in [5.41, 5.74) is -0.514. The molecule has 0 amide bonds. The van der Waals surface area contributed by atoms with Crippen LogP contribution in [0, 0.1) is 0 Å². The summed E-state index contributed by atoms with van der Waals surface area (Å²) >= 11 is 3.28. The molecule has 1 atom stereocenters. The maximum atomic E-state index is 12.3. The Kier molecular flexibility index (Phi) is 4.11. The lowest BCUT2D eigenvalue weighted by atomic mass is 9.97. The van der Waals surface area contributed by atoms with Crippen LogP contribution in [0.3, 0.4) is 0 Å². The molecule has 1 aliphatic rings. The van der Waals surface area contributed by atoms with Crippen molar-refractivity contribution in [2.45, 2.75) is 30.2 Å². The highest BCUT2D eigenvalue weighted by atomic mass is 79.9. The third-order valence-electron chi connectivity index (χ3n) is 2.93. The van der Waals surface area contributed by atoms with Crippen molar-refractivity contribution in [1.82, 2.24) is 4.72 Å². The van der Waals surface area contributed by atoms with Gasteiger partial charge in [0.15, 0.2) is 0 Å². The van der Waals surface area contributed by atoms with Gasteiger partial charge >= 0.3 is 0 Å². The molecule has 6 heteroatoms. The molecule has 0 aromatic heterocycles. The summed E-state index contributed by atoms with van der Waals surface area (Å²) in [5.74, 6) is 0. The second-order valence-electron chi connectivity index (χ2n) is 4.78. The van der Waals surface area contributed by atoms with Gasteiger partial charge in [-0.05, 0) is 38.0 Å². The topological polar surface area (TPSA) is 55.4 Å². The first-order valence-electron chi connectivity index (χ1n) is 5.79. The second-order valence-corrected chi connectivity index (χ2v) is 7.38. The number of sulfonamides is 1. The van der Waals surface area contributed by atoms with E-state index >= 15 is 0 Å². The van der Waals surface area contributed by atoms with Gasteiger partial charge in [0, 0.05) is 11.1 Å². The minimum Gasteiger partial charge on any atom is -0.380 e. The van der Waals surface area contributed by atoms with Gasteiger partial charge in [0.1, 0.15) is 0 Å². The fraction of sp³-hybridized carbons (Fsp3) is 0.500. The Morgan fingerprint density at radius 1 is 1.44 bits per heavy atom. The van der Waals surface area contributed by atoms with E-state index in [2.05, 4.69) is 20.7 Å². The molecule has 1 unspecified atom stereocenters. The van der Waals surface area contributed by atoms with Gasteiger partial charge in [0.2, 0.25) is 10.0 Å². The van der Waals surface area contributed by atoms with E-state index in [1.807, 2.05) is 6.92 Å². The average molecular weight is 334 g/mol. The molecule has 100 valence electrons. The summed E-state index contributed by atoms with van der Waals surface area (Å²) in [7, 11) is -3.50. The van der Waals surface area contributed by atoms with E-state index < -0.39 is 15.6 Å². The molecule has 1 aromatic carbocycles. The van der Waals surface area contributed by atoms with E-state index in [-0.39, 0.29) is 4.90 Å². The number of ether oxygens (including phenoxy) is 1. The highest BCUT2D eigenvalue weighted by molar-refractivity contribution is 9.10. The van der Waals surface area contributed by atoms with Gasteiger partial charge in [-0.1, -0.05) is 22.0 Å². The van der Waals surface area contributed by atoms with Crippen LogP contribution in [-0.2, 0) is 14.8 Å². The van der Waals surface area contributed by atoms with Crippen molar-refractivity contribution in [3.63, 3.8) is 0 Å². The molecule has 18 heavy (non-hydrogen) atoms. The van der Waals surface area contributed by atoms with Gasteiger partial charge in [-0.2, -0.15) is 0 Å². The molecule has 1 N–H and O–H groups in total. The lowest BCUT2D eigenvalue weighted by Crippen LogP contribution is -2.51. The van der Waals surface area contributed by atoms with Crippen LogP contribution in [0.5, 0.6) is 0 Å². The number of rotatable bonds is 3. The maximum absolute atomic E-state index is 12.3. The van der Waals surface area contributed by atoms with Crippen molar-refractivity contribution in [3.05, 3.63) is 28.7 Å². The molecule has 0 bridgehead atoms. The fourth-order valence-corrected chi connectivity index (χ4v) is 4.05. The zero-order valence-corrected chi connectivity index (χ0v) is 12.6. The molecule has 1 saturated heterocycles. The van der Waals surface area contributed by atoms with E-state index in [9.17, 15) is 8.42 Å². The van der Waals surface area contributed by atoms with Crippen LogP contribution in [0.2, 0.25) is 0 Å². The van der Waals surface area contributed by atoms with Crippen LogP contribution in [0.4, 0.5) is 0 Å². The van der Waals surface area contributed by atoms with Gasteiger partial charge in [-0.15, -0.1) is 0 Å². The van der Waals surface area contributed by atoms with E-state index in [4.69, 9.17) is 4.74 Å². The molecule has 0 saturated carbocycles. The first-order chi connectivity index (χ1) is 8.41. The van der Waals surface area contributed by atoms with Crippen LogP contribution in [0.15, 0.2) is 33.6 Å². The highest BCUT2D eigenvalue weighted by Crippen LogP contribution is 2.23. The number of benzene rings is 1. The minimum atomic E-state index is -3.50. The number of hydrogen-bond donors (Lipinski definition) is 1. The average Bonchev–Trinajstić information content (AvgIpc) is 2.28. The zero-order chi connectivity index (χ0) is 13.2. The van der Waals surface area contributed by atoms with Crippen molar-refractivity contribution in [2.75, 3.05) is 13.2 Å². The molecule has 1 fully saturated rings. The Hall–Kier alpha value is -0.430. The summed E-state index contributed by atoms with van der Waals surface area (Å²) in [6.45, 7) is 3.00. The summed E-state index contributed by atoms with van der Waals surface area (Å²) in [5, 5.41) is 0. The van der Waals surface area contributed by atoms with Gasteiger partial charge in [-0.25, -0.2) is 13.1 Å². The van der Waals surface area contributed by atoms with Gasteiger partial charge in [0.25, 0.3) is 0 Å². The molecule has 4 nitrogen and oxygen atoms in total. The third kappa shape index (κ3) is 3.32. The fourth-order valence-electron chi connectivity index (χ4n) is 2.03. The molecule has 1 aromatic rings. The number of halogens is 1. The van der Waals surface area contributed by atoms with Crippen LogP contribution < -0.4 is 4.72 Å². The predicted octanol–water partition coefficient (Wildman–Crippen LogP) is 2.30. The van der Waals surface area contributed by atoms with E-state index in [1.54, 1.807) is 24.3 Å². The molecule has 0 radical (unpaired) electrons. The van der Waals surface area contributed by atoms with E-state index in [0.717, 1.165) is 17.3 Å². The summed E-state index contributed by atoms with van der Waals surface area (Å²) in [6.07, 6.45) is 1.66. The van der Waals surface area contributed by atoms with Crippen molar-refractivity contribution in [2.24, 2.45) is 0 Å². The lowest BCUT2D eigenvalue weighted by molar-refractivity contribution is 0.0386. The normalized spacial score (nSPS) is 25.0. The number of hydrogen-bond acceptors (Lipinski definition) is 3. The third-order valence-corrected chi connectivity index (χ3v) is 5.05. The smallest absolute Gasteiger partial charge is 0.241 e. The van der Waals surface area contributed by atoms with Crippen LogP contribution in [-0.4, -0.2) is 27.2 Å². The van der Waals surface area contributed by atoms with Crippen molar-refractivity contribution < 1.29 is 13.2 Å². The second kappa shape index (κ2) is 5.28. The van der Waals surface area contributed by atoms with E-state index in [1.165, 1.54) is 0 Å². The quantitative estimate of drug-likeness (QED) is 0.923. The standard InChI is InChI=1S/C12H16BrNO3S/c1-12(6-3-7-17-9-12)14-18(15,16)11-5-2-4-10(13)8-11/h2,4-5,8,14H,3,6-7,9H2,1H3. The summed E-state index contributed by atoms with van der Waals surface area (Å²) < 4.78 is 33.4. The maximum Gasteiger partial charge on any atom is 0.241 e. The molecular formula is C12H16BrNO3S. The first kappa shape index (κ1) is 14.0. The Morgan fingerprint density at radius 2 is 2.22 bits per heavy atom. The van der Waals surface area contributed by atoms with Crippen molar-refractivity contribution in [1.29, 1.82) is 0 Å². The van der Waals surface area contributed by atoms with Gasteiger partial charge in [-0.3, -0.25) is 0 Å². The van der Waals surface area contributed by atoms with Crippen molar-refractivity contribution in [3.8, 4) is 0 Å². The predicted molar refractivity (Wildman–Crippen MR) is 72.9 cm³/mol. The first-order valence-corrected chi connectivity index (χ1v) is 8.06. The largest absolute Gasteiger partial charge is 0.380 e. The number of nitrogens with one attached hydrogen (secondary N) is 1. The van der Waals surface area contributed by atoms with Crippen LogP contribution in [0.1, 0.15) is 19.8 Å². The summed E-state index contributed by atoms with van der Waals surface area (Å²) in [4.78, 5) is 0.267. The molecule has 0 aliphatic carbocycles. The summed E-state index contributed by atoms with van der Waals surface area (Å²) in [6, 6.07) is 6.68. The molecule has 1 aliphatic heterocycles. The van der Waals surface area contributed by atoms with Crippen molar-refractivity contribution >= 4 is 26.0 Å². The molecular weight excluding hydrogens is 318 g/mol. The van der Waals surface area contributed by atoms with E-state index in [0.29, 0.717) is 13.2 Å². The Balaban J connectivity index is 2.21. The SMILES string of the molecule is CC1(NS(=O)(=O)c2cccc(Br)c2)CCCOC1. The highest BCUT2D eigenvalue weighted by Gasteiger charge is 2.32. The Bertz CT molecular complexity index is 524. The zero-order valence-electron chi connectivity index (χ0n) is 10.1.